The molecule has 0 amide bonds. The molecule has 0 fully saturated rings. The highest BCUT2D eigenvalue weighted by atomic mass is 16.5. The Labute approximate surface area is 132 Å². The van der Waals surface area contributed by atoms with Crippen molar-refractivity contribution in [3.05, 3.63) is 0 Å². The lowest BCUT2D eigenvalue weighted by molar-refractivity contribution is -0.145. The third-order valence-electron chi connectivity index (χ3n) is 4.03. The van der Waals surface area contributed by atoms with Crippen LogP contribution in [0.3, 0.4) is 0 Å². The summed E-state index contributed by atoms with van der Waals surface area (Å²) in [5.74, 6) is -0.0369. The van der Waals surface area contributed by atoms with Crippen molar-refractivity contribution < 1.29 is 9.53 Å². The van der Waals surface area contributed by atoms with Crippen LogP contribution >= 0.6 is 0 Å². The van der Waals surface area contributed by atoms with Crippen molar-refractivity contribution in [1.82, 2.24) is 4.90 Å². The molecule has 3 heteroatoms. The Morgan fingerprint density at radius 3 is 2.05 bits per heavy atom. The molecule has 0 aliphatic carbocycles. The van der Waals surface area contributed by atoms with Crippen LogP contribution in [0.15, 0.2) is 0 Å². The molecule has 0 aromatic carbocycles. The van der Waals surface area contributed by atoms with Crippen LogP contribution in [0.25, 0.3) is 0 Å². The van der Waals surface area contributed by atoms with E-state index in [1.165, 1.54) is 44.9 Å². The van der Waals surface area contributed by atoms with Gasteiger partial charge in [0.05, 0.1) is 13.0 Å². The average Bonchev–Trinajstić information content (AvgIpc) is 2.45. The fraction of sp³-hybridized carbons (Fsp3) is 0.944. The first-order chi connectivity index (χ1) is 10.1. The van der Waals surface area contributed by atoms with Gasteiger partial charge < -0.3 is 9.64 Å². The molecule has 21 heavy (non-hydrogen) atoms. The van der Waals surface area contributed by atoms with Crippen molar-refractivity contribution in [2.75, 3.05) is 20.7 Å². The van der Waals surface area contributed by atoms with Crippen LogP contribution in [0.5, 0.6) is 0 Å². The summed E-state index contributed by atoms with van der Waals surface area (Å²) in [4.78, 5) is 14.0. The van der Waals surface area contributed by atoms with E-state index < -0.39 is 0 Å². The second kappa shape index (κ2) is 14.4. The number of esters is 1. The van der Waals surface area contributed by atoms with Crippen LogP contribution in [-0.2, 0) is 9.53 Å². The SMILES string of the molecule is CCCCCCCCCC(CC(=O)OCCCC)N(C)C. The van der Waals surface area contributed by atoms with Crippen LogP contribution in [-0.4, -0.2) is 37.6 Å². The van der Waals surface area contributed by atoms with Gasteiger partial charge in [-0.1, -0.05) is 65.2 Å². The van der Waals surface area contributed by atoms with Gasteiger partial charge in [0, 0.05) is 6.04 Å². The minimum absolute atomic E-state index is 0.0369. The summed E-state index contributed by atoms with van der Waals surface area (Å²) >= 11 is 0. The molecule has 0 rings (SSSR count). The molecular formula is C18H37NO2. The summed E-state index contributed by atoms with van der Waals surface area (Å²) in [5, 5.41) is 0. The van der Waals surface area contributed by atoms with Crippen molar-refractivity contribution in [3.63, 3.8) is 0 Å². The predicted octanol–water partition coefficient (Wildman–Crippen LogP) is 4.79. The second-order valence-electron chi connectivity index (χ2n) is 6.31. The van der Waals surface area contributed by atoms with Gasteiger partial charge >= 0.3 is 5.97 Å². The average molecular weight is 299 g/mol. The van der Waals surface area contributed by atoms with E-state index in [1.807, 2.05) is 0 Å². The lowest BCUT2D eigenvalue weighted by atomic mass is 10.0. The van der Waals surface area contributed by atoms with Gasteiger partial charge in [0.2, 0.25) is 0 Å². The number of unbranched alkanes of at least 4 members (excludes halogenated alkanes) is 7. The predicted molar refractivity (Wildman–Crippen MR) is 90.6 cm³/mol. The van der Waals surface area contributed by atoms with Gasteiger partial charge in [-0.25, -0.2) is 0 Å². The molecule has 0 spiro atoms. The molecule has 0 heterocycles. The minimum Gasteiger partial charge on any atom is -0.466 e. The van der Waals surface area contributed by atoms with Crippen LogP contribution in [0.2, 0.25) is 0 Å². The first kappa shape index (κ1) is 20.4. The topological polar surface area (TPSA) is 29.5 Å². The summed E-state index contributed by atoms with van der Waals surface area (Å²) in [7, 11) is 4.12. The third kappa shape index (κ3) is 12.9. The zero-order valence-electron chi connectivity index (χ0n) is 14.8. The van der Waals surface area contributed by atoms with E-state index in [4.69, 9.17) is 4.74 Å². The Hall–Kier alpha value is -0.570. The molecule has 0 saturated heterocycles. The third-order valence-corrected chi connectivity index (χ3v) is 4.03. The highest BCUT2D eigenvalue weighted by Gasteiger charge is 2.16. The first-order valence-corrected chi connectivity index (χ1v) is 8.93. The fourth-order valence-electron chi connectivity index (χ4n) is 2.46. The number of nitrogens with zero attached hydrogens (tertiary/aromatic N) is 1. The molecule has 0 aliphatic rings. The summed E-state index contributed by atoms with van der Waals surface area (Å²) in [6.45, 7) is 4.94. The van der Waals surface area contributed by atoms with E-state index >= 15 is 0 Å². The normalized spacial score (nSPS) is 12.6. The standard InChI is InChI=1S/C18H37NO2/c1-5-7-9-10-11-12-13-14-17(19(3)4)16-18(20)21-15-8-6-2/h17H,5-16H2,1-4H3. The molecule has 0 bridgehead atoms. The zero-order chi connectivity index (χ0) is 15.9. The molecule has 0 aromatic rings. The smallest absolute Gasteiger partial charge is 0.307 e. The number of rotatable bonds is 14. The van der Waals surface area contributed by atoms with Gasteiger partial charge in [-0.3, -0.25) is 4.79 Å². The van der Waals surface area contributed by atoms with E-state index in [9.17, 15) is 4.79 Å². The molecule has 3 nitrogen and oxygen atoms in total. The van der Waals surface area contributed by atoms with Gasteiger partial charge in [0.1, 0.15) is 0 Å². The highest BCUT2D eigenvalue weighted by Crippen LogP contribution is 2.14. The van der Waals surface area contributed by atoms with Gasteiger partial charge in [-0.15, -0.1) is 0 Å². The summed E-state index contributed by atoms with van der Waals surface area (Å²) in [6, 6.07) is 0.328. The number of hydrogen-bond donors (Lipinski definition) is 0. The van der Waals surface area contributed by atoms with Gasteiger partial charge in [-0.2, -0.15) is 0 Å². The highest BCUT2D eigenvalue weighted by molar-refractivity contribution is 5.70. The summed E-state index contributed by atoms with van der Waals surface area (Å²) in [6.07, 6.45) is 12.9. The quantitative estimate of drug-likeness (QED) is 0.341. The summed E-state index contributed by atoms with van der Waals surface area (Å²) < 4.78 is 5.27. The van der Waals surface area contributed by atoms with E-state index in [1.54, 1.807) is 0 Å². The monoisotopic (exact) mass is 299 g/mol. The van der Waals surface area contributed by atoms with Crippen molar-refractivity contribution in [2.45, 2.75) is 90.5 Å². The van der Waals surface area contributed by atoms with E-state index in [0.717, 1.165) is 19.3 Å². The molecule has 1 unspecified atom stereocenters. The Bertz CT molecular complexity index is 241. The van der Waals surface area contributed by atoms with Crippen molar-refractivity contribution in [3.8, 4) is 0 Å². The van der Waals surface area contributed by atoms with Gasteiger partial charge in [-0.05, 0) is 26.9 Å². The van der Waals surface area contributed by atoms with Crippen molar-refractivity contribution in [2.24, 2.45) is 0 Å². The van der Waals surface area contributed by atoms with Crippen LogP contribution in [0, 0.1) is 0 Å². The van der Waals surface area contributed by atoms with Crippen LogP contribution < -0.4 is 0 Å². The fourth-order valence-corrected chi connectivity index (χ4v) is 2.46. The number of carbonyl (C=O) groups is 1. The largest absolute Gasteiger partial charge is 0.466 e. The van der Waals surface area contributed by atoms with Crippen molar-refractivity contribution >= 4 is 5.97 Å². The van der Waals surface area contributed by atoms with Crippen LogP contribution in [0.1, 0.15) is 84.5 Å². The Morgan fingerprint density at radius 2 is 1.48 bits per heavy atom. The van der Waals surface area contributed by atoms with E-state index in [2.05, 4.69) is 32.8 Å². The Kier molecular flexibility index (Phi) is 14.0. The Morgan fingerprint density at radius 1 is 0.905 bits per heavy atom. The van der Waals surface area contributed by atoms with Crippen molar-refractivity contribution in [1.29, 1.82) is 0 Å². The lowest BCUT2D eigenvalue weighted by Gasteiger charge is -2.23. The number of ether oxygens (including phenoxy) is 1. The number of hydrogen-bond acceptors (Lipinski definition) is 3. The van der Waals surface area contributed by atoms with Gasteiger partial charge in [0.15, 0.2) is 0 Å². The Balaban J connectivity index is 3.74. The molecular weight excluding hydrogens is 262 g/mol. The van der Waals surface area contributed by atoms with Gasteiger partial charge in [0.25, 0.3) is 0 Å². The molecule has 126 valence electrons. The maximum absolute atomic E-state index is 11.8. The number of carbonyl (C=O) groups excluding carboxylic acids is 1. The molecule has 0 radical (unpaired) electrons. The molecule has 0 N–H and O–H groups in total. The molecule has 0 aliphatic heterocycles. The maximum atomic E-state index is 11.8. The van der Waals surface area contributed by atoms with Crippen LogP contribution in [0.4, 0.5) is 0 Å². The molecule has 0 saturated carbocycles. The molecule has 0 aromatic heterocycles. The minimum atomic E-state index is -0.0369. The van der Waals surface area contributed by atoms with E-state index in [0.29, 0.717) is 19.1 Å². The summed E-state index contributed by atoms with van der Waals surface area (Å²) in [5.41, 5.74) is 0. The molecule has 1 atom stereocenters. The first-order valence-electron chi connectivity index (χ1n) is 8.93. The second-order valence-corrected chi connectivity index (χ2v) is 6.31. The zero-order valence-corrected chi connectivity index (χ0v) is 14.8. The lowest BCUT2D eigenvalue weighted by Crippen LogP contribution is -2.31. The van der Waals surface area contributed by atoms with E-state index in [-0.39, 0.29) is 5.97 Å². The maximum Gasteiger partial charge on any atom is 0.307 e.